The molecule has 0 bridgehead atoms. The standard InChI is InChI=1S/C31H30N2O5S.C18H20N2O5S.Na/c1-20(2)19-23(24-17-11-12-18-32-24)25-28(34)33-27(31(3,4)39(36,37)29(25)33)30(35)38-26(21-13-7-5-8-14-21)22-15-9-6-10-16-22;1-10(2)9-11(12-7-5-6-8-19-12)13-15(21)20-14(17(22)23)18(3,4)26(24,25)16(13)20;/h5-19,26-27,29H,1-4H3;5-9,14,16H,1-4H3,(H,22,23);/q;;+1/p-1/b25-23-;13-11-;/t27-,29+;14-,16+;/m00./s1. The number of pyridine rings is 2. The average Bonchev–Trinajstić information content (AvgIpc) is 3.50. The van der Waals surface area contributed by atoms with Gasteiger partial charge in [0.05, 0.1) is 39.3 Å². The first-order valence-corrected chi connectivity index (χ1v) is 23.9. The number of amides is 2. The van der Waals surface area contributed by atoms with Gasteiger partial charge >= 0.3 is 35.5 Å². The predicted octanol–water partition coefficient (Wildman–Crippen LogP) is 2.18. The minimum atomic E-state index is -4.01. The van der Waals surface area contributed by atoms with E-state index in [1.807, 2.05) is 88.4 Å². The van der Waals surface area contributed by atoms with E-state index in [2.05, 4.69) is 9.97 Å². The molecule has 0 spiro atoms. The molecule has 14 nitrogen and oxygen atoms in total. The zero-order valence-electron chi connectivity index (χ0n) is 38.1. The van der Waals surface area contributed by atoms with Gasteiger partial charge in [-0.25, -0.2) is 21.6 Å². The Kier molecular flexibility index (Phi) is 14.1. The summed E-state index contributed by atoms with van der Waals surface area (Å²) in [5, 5.41) is 8.98. The maximum atomic E-state index is 13.9. The molecule has 0 saturated carbocycles. The third kappa shape index (κ3) is 8.31. The van der Waals surface area contributed by atoms with Crippen molar-refractivity contribution in [3.63, 3.8) is 0 Å². The Morgan fingerprint density at radius 2 is 0.985 bits per heavy atom. The number of β-lactam (4-membered cyclic amide) rings is 2. The fourth-order valence-corrected chi connectivity index (χ4v) is 13.1. The number of hydrogen-bond donors (Lipinski definition) is 0. The smallest absolute Gasteiger partial charge is 0.548 e. The summed E-state index contributed by atoms with van der Waals surface area (Å²) < 4.78 is 56.7. The normalized spacial score (nSPS) is 23.8. The van der Waals surface area contributed by atoms with Crippen molar-refractivity contribution >= 4 is 54.6 Å². The number of carbonyl (C=O) groups is 4. The third-order valence-corrected chi connectivity index (χ3v) is 17.6. The Balaban J connectivity index is 0.000000233. The molecule has 0 unspecified atom stereocenters. The summed E-state index contributed by atoms with van der Waals surface area (Å²) in [6, 6.07) is 26.1. The Labute approximate surface area is 407 Å². The molecule has 2 aromatic heterocycles. The Morgan fingerprint density at radius 3 is 1.33 bits per heavy atom. The fourth-order valence-electron chi connectivity index (χ4n) is 8.78. The molecule has 0 aliphatic carbocycles. The number of sulfone groups is 2. The number of aliphatic carboxylic acids is 1. The molecule has 4 aliphatic heterocycles. The van der Waals surface area contributed by atoms with Gasteiger partial charge in [-0.3, -0.25) is 19.6 Å². The van der Waals surface area contributed by atoms with Gasteiger partial charge < -0.3 is 24.4 Å². The fraction of sp³-hybridized carbons (Fsp3) is 0.306. The van der Waals surface area contributed by atoms with Crippen molar-refractivity contribution in [3.8, 4) is 0 Å². The molecule has 66 heavy (non-hydrogen) atoms. The number of hydrogen-bond acceptors (Lipinski definition) is 12. The Bertz CT molecular complexity index is 2890. The first kappa shape index (κ1) is 49.9. The first-order valence-electron chi connectivity index (χ1n) is 20.8. The molecule has 2 aromatic carbocycles. The monoisotopic (exact) mass is 940 g/mol. The minimum Gasteiger partial charge on any atom is -0.548 e. The second-order valence-corrected chi connectivity index (χ2v) is 22.9. The van der Waals surface area contributed by atoms with E-state index in [0.29, 0.717) is 22.5 Å². The van der Waals surface area contributed by atoms with Crippen LogP contribution >= 0.6 is 0 Å². The minimum absolute atomic E-state index is 0. The van der Waals surface area contributed by atoms with Gasteiger partial charge in [-0.1, -0.05) is 96.1 Å². The number of rotatable bonds is 9. The number of carboxylic acids is 1. The van der Waals surface area contributed by atoms with Crippen LogP contribution in [-0.4, -0.2) is 92.7 Å². The van der Waals surface area contributed by atoms with E-state index in [1.165, 1.54) is 32.6 Å². The van der Waals surface area contributed by atoms with E-state index >= 15 is 0 Å². The number of ether oxygens (including phenoxy) is 1. The van der Waals surface area contributed by atoms with E-state index in [0.717, 1.165) is 27.2 Å². The van der Waals surface area contributed by atoms with E-state index in [4.69, 9.17) is 4.74 Å². The van der Waals surface area contributed by atoms with Crippen LogP contribution in [-0.2, 0) is 43.6 Å². The third-order valence-electron chi connectivity index (χ3n) is 12.1. The van der Waals surface area contributed by atoms with Gasteiger partial charge in [0.15, 0.2) is 42.6 Å². The van der Waals surface area contributed by atoms with Gasteiger partial charge in [0.25, 0.3) is 11.8 Å². The van der Waals surface area contributed by atoms with Crippen LogP contribution in [0.2, 0.25) is 0 Å². The number of nitrogens with zero attached hydrogens (tertiary/aromatic N) is 4. The molecule has 0 radical (unpaired) electrons. The summed E-state index contributed by atoms with van der Waals surface area (Å²) in [6.45, 7) is 13.0. The van der Waals surface area contributed by atoms with E-state index in [-0.39, 0.29) is 40.7 Å². The van der Waals surface area contributed by atoms with Crippen molar-refractivity contribution in [3.05, 3.63) is 166 Å². The number of carbonyl (C=O) groups excluding carboxylic acids is 4. The van der Waals surface area contributed by atoms with Crippen molar-refractivity contribution in [1.29, 1.82) is 0 Å². The number of benzene rings is 2. The Morgan fingerprint density at radius 1 is 0.621 bits per heavy atom. The molecule has 2 amide bonds. The topological polar surface area (TPSA) is 201 Å². The molecule has 4 atom stereocenters. The van der Waals surface area contributed by atoms with Gasteiger partial charge in [0, 0.05) is 23.5 Å². The van der Waals surface area contributed by atoms with Gasteiger partial charge in [-0.2, -0.15) is 0 Å². The molecule has 17 heteroatoms. The van der Waals surface area contributed by atoms with Gasteiger partial charge in [-0.05, 0) is 90.8 Å². The van der Waals surface area contributed by atoms with Crippen molar-refractivity contribution in [2.24, 2.45) is 0 Å². The van der Waals surface area contributed by atoms with E-state index < -0.39 is 81.9 Å². The van der Waals surface area contributed by atoms with E-state index in [9.17, 15) is 41.1 Å². The van der Waals surface area contributed by atoms with Crippen molar-refractivity contribution in [2.75, 3.05) is 0 Å². The van der Waals surface area contributed by atoms with Crippen LogP contribution in [0.5, 0.6) is 0 Å². The number of esters is 1. The van der Waals surface area contributed by atoms with E-state index in [1.54, 1.807) is 60.9 Å². The molecule has 4 fully saturated rings. The number of carboxylic acid groups (broad SMARTS) is 1. The number of allylic oxidation sites excluding steroid dienone is 6. The largest absolute Gasteiger partial charge is 1.00 e. The van der Waals surface area contributed by atoms with Crippen molar-refractivity contribution < 1.29 is 75.4 Å². The predicted molar refractivity (Wildman–Crippen MR) is 242 cm³/mol. The second-order valence-electron chi connectivity index (χ2n) is 17.7. The molecular formula is C49H49N4NaO10S2. The van der Waals surface area contributed by atoms with Crippen LogP contribution in [0.15, 0.2) is 144 Å². The summed E-state index contributed by atoms with van der Waals surface area (Å²) in [5.74, 6) is -3.46. The maximum Gasteiger partial charge on any atom is 1.00 e. The van der Waals surface area contributed by atoms with Gasteiger partial charge in [-0.15, -0.1) is 0 Å². The van der Waals surface area contributed by atoms with Crippen LogP contribution in [0.4, 0.5) is 0 Å². The quantitative estimate of drug-likeness (QED) is 0.103. The van der Waals surface area contributed by atoms with Crippen LogP contribution < -0.4 is 34.7 Å². The molecule has 6 heterocycles. The number of fused-ring (bicyclic) bond motifs is 2. The second kappa shape index (κ2) is 18.6. The molecule has 4 saturated heterocycles. The first-order chi connectivity index (χ1) is 30.6. The zero-order valence-corrected chi connectivity index (χ0v) is 41.8. The van der Waals surface area contributed by atoms with Crippen LogP contribution in [0, 0.1) is 0 Å². The average molecular weight is 941 g/mol. The molecular weight excluding hydrogens is 892 g/mol. The van der Waals surface area contributed by atoms with Crippen LogP contribution in [0.1, 0.15) is 84.0 Å². The van der Waals surface area contributed by atoms with Crippen molar-refractivity contribution in [1.82, 2.24) is 19.8 Å². The maximum absolute atomic E-state index is 13.9. The summed E-state index contributed by atoms with van der Waals surface area (Å²) in [5.41, 5.74) is 5.20. The Hall–Kier alpha value is -5.52. The summed E-state index contributed by atoms with van der Waals surface area (Å²) in [4.78, 5) is 62.5. The molecule has 4 aromatic rings. The summed E-state index contributed by atoms with van der Waals surface area (Å²) in [7, 11) is -7.97. The summed E-state index contributed by atoms with van der Waals surface area (Å²) in [6.07, 6.45) is 5.84. The van der Waals surface area contributed by atoms with Crippen LogP contribution in [0.25, 0.3) is 11.1 Å². The van der Waals surface area contributed by atoms with Gasteiger partial charge in [0.2, 0.25) is 0 Å². The number of aromatic nitrogens is 2. The SMILES string of the molecule is CC(C)=C/C(=C1\C(=O)N2[C@@H](C(=O)OC(c3ccccc3)c3ccccc3)C(C)(C)S(=O)(=O)[C@H]12)c1ccccn1.CC(C)=C/C(=C1\C(=O)N2[C@@H](C(=O)[O-])C(C)(C)S(=O)(=O)[C@H]12)c1ccccn1.[Na+]. The molecule has 338 valence electrons. The van der Waals surface area contributed by atoms with Crippen molar-refractivity contribution in [2.45, 2.75) is 93.8 Å². The molecule has 8 rings (SSSR count). The van der Waals surface area contributed by atoms with Crippen LogP contribution in [0.3, 0.4) is 0 Å². The molecule has 0 N–H and O–H groups in total. The summed E-state index contributed by atoms with van der Waals surface area (Å²) >= 11 is 0. The molecule has 4 aliphatic rings. The zero-order chi connectivity index (χ0) is 47.4. The van der Waals surface area contributed by atoms with Gasteiger partial charge in [0.1, 0.15) is 4.75 Å².